The van der Waals surface area contributed by atoms with Gasteiger partial charge in [-0.2, -0.15) is 17.7 Å². The molecule has 3 aromatic heterocycles. The summed E-state index contributed by atoms with van der Waals surface area (Å²) in [7, 11) is 0. The number of aliphatic hydroxyl groups is 1. The molecule has 40 heavy (non-hydrogen) atoms. The van der Waals surface area contributed by atoms with Crippen LogP contribution in [0.15, 0.2) is 102 Å². The standard InChI is InChI=1S/C30H22F3N5O2/c31-30(32,33)29(40)35-17-23-24(21-13-14-22-20(16-21)12-7-15-34-22)28(39)38-27(36-23)25(18-8-3-1-4-9-18)26(37-38)19-10-5-2-6-11-19/h1-16,29,35,37,40H,17H2. The van der Waals surface area contributed by atoms with Gasteiger partial charge in [-0.05, 0) is 29.3 Å². The van der Waals surface area contributed by atoms with Crippen molar-refractivity contribution < 1.29 is 18.3 Å². The van der Waals surface area contributed by atoms with Crippen LogP contribution in [0.5, 0.6) is 0 Å². The summed E-state index contributed by atoms with van der Waals surface area (Å²) in [6.07, 6.45) is -6.04. The summed E-state index contributed by atoms with van der Waals surface area (Å²) in [5, 5.41) is 15.7. The van der Waals surface area contributed by atoms with Crippen LogP contribution in [0.1, 0.15) is 5.69 Å². The van der Waals surface area contributed by atoms with Crippen LogP contribution in [-0.4, -0.2) is 37.1 Å². The van der Waals surface area contributed by atoms with Crippen molar-refractivity contribution in [1.82, 2.24) is 24.9 Å². The highest BCUT2D eigenvalue weighted by Gasteiger charge is 2.38. The van der Waals surface area contributed by atoms with Gasteiger partial charge < -0.3 is 5.11 Å². The van der Waals surface area contributed by atoms with Crippen LogP contribution in [0, 0.1) is 0 Å². The molecule has 0 saturated heterocycles. The first kappa shape index (κ1) is 25.5. The van der Waals surface area contributed by atoms with E-state index < -0.39 is 24.5 Å². The molecule has 0 saturated carbocycles. The number of aromatic amines is 1. The molecule has 10 heteroatoms. The summed E-state index contributed by atoms with van der Waals surface area (Å²) < 4.78 is 40.8. The lowest BCUT2D eigenvalue weighted by atomic mass is 10.0. The number of alkyl halides is 3. The highest BCUT2D eigenvalue weighted by molar-refractivity contribution is 5.91. The number of aromatic nitrogens is 4. The number of hydrogen-bond donors (Lipinski definition) is 3. The van der Waals surface area contributed by atoms with Gasteiger partial charge in [0.2, 0.25) is 6.23 Å². The van der Waals surface area contributed by atoms with Gasteiger partial charge in [-0.1, -0.05) is 72.8 Å². The predicted molar refractivity (Wildman–Crippen MR) is 146 cm³/mol. The molecule has 0 spiro atoms. The third kappa shape index (κ3) is 4.63. The Hall–Kier alpha value is -4.80. The van der Waals surface area contributed by atoms with Gasteiger partial charge >= 0.3 is 6.18 Å². The summed E-state index contributed by atoms with van der Waals surface area (Å²) >= 11 is 0. The zero-order chi connectivity index (χ0) is 27.9. The number of fused-ring (bicyclic) bond motifs is 2. The summed E-state index contributed by atoms with van der Waals surface area (Å²) in [6.45, 7) is -0.507. The van der Waals surface area contributed by atoms with Gasteiger partial charge in [0.05, 0.1) is 28.0 Å². The molecule has 6 rings (SSSR count). The second-order valence-corrected chi connectivity index (χ2v) is 9.23. The molecule has 200 valence electrons. The molecule has 0 fully saturated rings. The minimum atomic E-state index is -4.89. The Balaban J connectivity index is 1.63. The number of rotatable bonds is 6. The van der Waals surface area contributed by atoms with Gasteiger partial charge in [0.25, 0.3) is 5.56 Å². The van der Waals surface area contributed by atoms with Crippen molar-refractivity contribution in [2.75, 3.05) is 0 Å². The fraction of sp³-hybridized carbons (Fsp3) is 0.100. The molecule has 7 nitrogen and oxygen atoms in total. The number of nitrogens with one attached hydrogen (secondary N) is 2. The molecule has 0 aliphatic carbocycles. The molecule has 3 heterocycles. The number of benzene rings is 3. The van der Waals surface area contributed by atoms with Gasteiger partial charge in [0.15, 0.2) is 5.65 Å². The van der Waals surface area contributed by atoms with E-state index in [2.05, 4.69) is 15.4 Å². The first-order chi connectivity index (χ1) is 19.3. The molecule has 0 aliphatic heterocycles. The van der Waals surface area contributed by atoms with Crippen LogP contribution in [-0.2, 0) is 6.54 Å². The minimum Gasteiger partial charge on any atom is -0.370 e. The third-order valence-corrected chi connectivity index (χ3v) is 6.64. The van der Waals surface area contributed by atoms with Crippen molar-refractivity contribution >= 4 is 16.6 Å². The SMILES string of the molecule is O=c1c(-c2ccc3ncccc3c2)c(CNC(O)C(F)(F)F)nc2c(-c3ccccc3)c(-c3ccccc3)[nH]n12. The predicted octanol–water partition coefficient (Wildman–Crippen LogP) is 5.54. The number of halogens is 3. The average Bonchev–Trinajstić information content (AvgIpc) is 3.36. The Morgan fingerprint density at radius 1 is 0.875 bits per heavy atom. The minimum absolute atomic E-state index is 0.0623. The molecule has 0 aliphatic rings. The van der Waals surface area contributed by atoms with E-state index in [1.54, 1.807) is 30.5 Å². The maximum Gasteiger partial charge on any atom is 0.427 e. The Morgan fingerprint density at radius 3 is 2.27 bits per heavy atom. The van der Waals surface area contributed by atoms with Gasteiger partial charge in [0.1, 0.15) is 0 Å². The summed E-state index contributed by atoms with van der Waals surface area (Å²) in [5.41, 5.74) is 3.90. The lowest BCUT2D eigenvalue weighted by Gasteiger charge is -2.17. The Kier molecular flexibility index (Phi) is 6.41. The first-order valence-electron chi connectivity index (χ1n) is 12.4. The lowest BCUT2D eigenvalue weighted by Crippen LogP contribution is -2.42. The van der Waals surface area contributed by atoms with Gasteiger partial charge in [-0.3, -0.25) is 20.2 Å². The molecule has 3 aromatic carbocycles. The van der Waals surface area contributed by atoms with E-state index in [9.17, 15) is 23.1 Å². The molecule has 6 aromatic rings. The maximum absolute atomic E-state index is 14.1. The van der Waals surface area contributed by atoms with Gasteiger partial charge in [-0.15, -0.1) is 0 Å². The van der Waals surface area contributed by atoms with Crippen LogP contribution in [0.25, 0.3) is 50.1 Å². The molecule has 1 atom stereocenters. The summed E-state index contributed by atoms with van der Waals surface area (Å²) in [5.74, 6) is 0. The molecule has 0 amide bonds. The molecule has 0 bridgehead atoms. The monoisotopic (exact) mass is 541 g/mol. The fourth-order valence-corrected chi connectivity index (χ4v) is 4.77. The van der Waals surface area contributed by atoms with Crippen LogP contribution < -0.4 is 10.9 Å². The molecular formula is C30H22F3N5O2. The number of hydrogen-bond acceptors (Lipinski definition) is 5. The number of pyridine rings is 1. The van der Waals surface area contributed by atoms with Crippen LogP contribution in [0.3, 0.4) is 0 Å². The number of nitrogens with zero attached hydrogens (tertiary/aromatic N) is 3. The highest BCUT2D eigenvalue weighted by Crippen LogP contribution is 2.35. The van der Waals surface area contributed by atoms with E-state index in [0.29, 0.717) is 22.3 Å². The molecule has 0 radical (unpaired) electrons. The average molecular weight is 542 g/mol. The zero-order valence-corrected chi connectivity index (χ0v) is 20.9. The van der Waals surface area contributed by atoms with Crippen molar-refractivity contribution in [2.24, 2.45) is 0 Å². The van der Waals surface area contributed by atoms with Crippen molar-refractivity contribution in [1.29, 1.82) is 0 Å². The third-order valence-electron chi connectivity index (χ3n) is 6.64. The van der Waals surface area contributed by atoms with E-state index >= 15 is 0 Å². The quantitative estimate of drug-likeness (QED) is 0.241. The van der Waals surface area contributed by atoms with E-state index in [1.807, 2.05) is 66.7 Å². The van der Waals surface area contributed by atoms with Crippen molar-refractivity contribution in [2.45, 2.75) is 18.9 Å². The van der Waals surface area contributed by atoms with E-state index in [0.717, 1.165) is 16.5 Å². The molecule has 3 N–H and O–H groups in total. The summed E-state index contributed by atoms with van der Waals surface area (Å²) in [4.78, 5) is 23.2. The van der Waals surface area contributed by atoms with Gasteiger partial charge in [0, 0.05) is 23.7 Å². The topological polar surface area (TPSA) is 95.3 Å². The number of H-pyrrole nitrogens is 1. The van der Waals surface area contributed by atoms with E-state index in [1.165, 1.54) is 4.52 Å². The molecule has 1 unspecified atom stereocenters. The maximum atomic E-state index is 14.1. The first-order valence-corrected chi connectivity index (χ1v) is 12.4. The largest absolute Gasteiger partial charge is 0.427 e. The van der Waals surface area contributed by atoms with E-state index in [4.69, 9.17) is 4.98 Å². The lowest BCUT2D eigenvalue weighted by molar-refractivity contribution is -0.214. The normalized spacial score (nSPS) is 12.7. The number of aliphatic hydroxyl groups excluding tert-OH is 1. The van der Waals surface area contributed by atoms with Crippen molar-refractivity contribution in [3.8, 4) is 33.5 Å². The Labute approximate surface area is 225 Å². The van der Waals surface area contributed by atoms with Crippen LogP contribution in [0.4, 0.5) is 13.2 Å². The second-order valence-electron chi connectivity index (χ2n) is 9.23. The van der Waals surface area contributed by atoms with Crippen molar-refractivity contribution in [3.63, 3.8) is 0 Å². The van der Waals surface area contributed by atoms with Crippen molar-refractivity contribution in [3.05, 3.63) is 113 Å². The second kappa shape index (κ2) is 10.1. The smallest absolute Gasteiger partial charge is 0.370 e. The van der Waals surface area contributed by atoms with Crippen LogP contribution >= 0.6 is 0 Å². The highest BCUT2D eigenvalue weighted by atomic mass is 19.4. The zero-order valence-electron chi connectivity index (χ0n) is 20.9. The van der Waals surface area contributed by atoms with Gasteiger partial charge in [-0.25, -0.2) is 4.98 Å². The van der Waals surface area contributed by atoms with E-state index in [-0.39, 0.29) is 16.9 Å². The van der Waals surface area contributed by atoms with Crippen LogP contribution in [0.2, 0.25) is 0 Å². The molecular weight excluding hydrogens is 519 g/mol. The Morgan fingerprint density at radius 2 is 1.57 bits per heavy atom. The summed E-state index contributed by atoms with van der Waals surface area (Å²) in [6, 6.07) is 27.5. The Bertz CT molecular complexity index is 1880. The fourth-order valence-electron chi connectivity index (χ4n) is 4.77.